The molecule has 12 heteroatoms. The Morgan fingerprint density at radius 2 is 2.03 bits per heavy atom. The molecule has 2 amide bonds. The SMILES string of the molecule is CCNC(=O)[C@H]1CC(C)CCN1C(=O)C(CCCc1c[nH]cn1)NS(=O)(=O)c1cccc2c1NCC(C)C2.Cl. The molecule has 39 heavy (non-hydrogen) atoms. The molecule has 4 atom stereocenters. The maximum absolute atomic E-state index is 13.9. The van der Waals surface area contributed by atoms with E-state index in [-0.39, 0.29) is 29.1 Å². The first-order valence-electron chi connectivity index (χ1n) is 13.6. The van der Waals surface area contributed by atoms with Gasteiger partial charge in [0.2, 0.25) is 21.8 Å². The first-order valence-corrected chi connectivity index (χ1v) is 15.1. The normalized spacial score (nSPS) is 21.7. The summed E-state index contributed by atoms with van der Waals surface area (Å²) < 4.78 is 30.2. The van der Waals surface area contributed by atoms with Crippen LogP contribution in [-0.4, -0.2) is 66.8 Å². The van der Waals surface area contributed by atoms with Gasteiger partial charge in [0.05, 0.1) is 17.7 Å². The van der Waals surface area contributed by atoms with Gasteiger partial charge < -0.3 is 20.5 Å². The first-order chi connectivity index (χ1) is 18.2. The number of amides is 2. The quantitative estimate of drug-likeness (QED) is 0.341. The van der Waals surface area contributed by atoms with Crippen LogP contribution in [0.15, 0.2) is 35.6 Å². The number of para-hydroxylation sites is 1. The van der Waals surface area contributed by atoms with Crippen LogP contribution in [0, 0.1) is 11.8 Å². The second kappa shape index (κ2) is 13.6. The molecule has 1 saturated heterocycles. The van der Waals surface area contributed by atoms with Gasteiger partial charge in [0, 0.05) is 25.8 Å². The van der Waals surface area contributed by atoms with Crippen LogP contribution in [0.2, 0.25) is 0 Å². The van der Waals surface area contributed by atoms with E-state index in [9.17, 15) is 18.0 Å². The van der Waals surface area contributed by atoms with Gasteiger partial charge in [-0.3, -0.25) is 9.59 Å². The van der Waals surface area contributed by atoms with Gasteiger partial charge in [-0.2, -0.15) is 4.72 Å². The van der Waals surface area contributed by atoms with Crippen molar-refractivity contribution in [2.45, 2.75) is 76.3 Å². The number of anilines is 1. The fourth-order valence-corrected chi connectivity index (χ4v) is 6.89. The third-order valence-electron chi connectivity index (χ3n) is 7.48. The minimum Gasteiger partial charge on any atom is -0.383 e. The molecule has 216 valence electrons. The van der Waals surface area contributed by atoms with Crippen molar-refractivity contribution in [1.29, 1.82) is 0 Å². The summed E-state index contributed by atoms with van der Waals surface area (Å²) in [5.41, 5.74) is 2.41. The van der Waals surface area contributed by atoms with Gasteiger partial charge in [0.25, 0.3) is 0 Å². The Labute approximate surface area is 237 Å². The number of aryl methyl sites for hydroxylation is 1. The van der Waals surface area contributed by atoms with Gasteiger partial charge in [-0.25, -0.2) is 13.4 Å². The maximum Gasteiger partial charge on any atom is 0.243 e. The van der Waals surface area contributed by atoms with E-state index in [2.05, 4.69) is 39.2 Å². The molecule has 1 aromatic carbocycles. The van der Waals surface area contributed by atoms with Crippen LogP contribution in [0.1, 0.15) is 57.7 Å². The predicted molar refractivity (Wildman–Crippen MR) is 153 cm³/mol. The third kappa shape index (κ3) is 7.52. The molecular formula is C27H41ClN6O4S. The Bertz CT molecular complexity index is 1220. The number of rotatable bonds is 10. The van der Waals surface area contributed by atoms with Gasteiger partial charge in [0.1, 0.15) is 17.0 Å². The largest absolute Gasteiger partial charge is 0.383 e. The van der Waals surface area contributed by atoms with Crippen LogP contribution in [0.4, 0.5) is 5.69 Å². The lowest BCUT2D eigenvalue weighted by Crippen LogP contribution is -2.58. The molecule has 3 heterocycles. The van der Waals surface area contributed by atoms with Crippen molar-refractivity contribution in [2.75, 3.05) is 25.0 Å². The van der Waals surface area contributed by atoms with Crippen LogP contribution in [-0.2, 0) is 32.5 Å². The number of nitrogens with one attached hydrogen (secondary N) is 4. The van der Waals surface area contributed by atoms with E-state index in [0.29, 0.717) is 62.8 Å². The molecule has 1 aromatic heterocycles. The highest BCUT2D eigenvalue weighted by atomic mass is 35.5. The molecule has 2 aliphatic heterocycles. The Hall–Kier alpha value is -2.63. The summed E-state index contributed by atoms with van der Waals surface area (Å²) in [5.74, 6) is 0.148. The highest BCUT2D eigenvalue weighted by molar-refractivity contribution is 7.89. The van der Waals surface area contributed by atoms with Gasteiger partial charge in [-0.05, 0) is 68.9 Å². The number of H-pyrrole nitrogens is 1. The molecule has 4 rings (SSSR count). The molecule has 2 aliphatic rings. The number of carbonyl (C=O) groups excluding carboxylic acids is 2. The van der Waals surface area contributed by atoms with E-state index in [1.807, 2.05) is 13.0 Å². The number of benzene rings is 1. The third-order valence-corrected chi connectivity index (χ3v) is 8.99. The van der Waals surface area contributed by atoms with Gasteiger partial charge in [0.15, 0.2) is 0 Å². The van der Waals surface area contributed by atoms with E-state index in [4.69, 9.17) is 0 Å². The van der Waals surface area contributed by atoms with Crippen molar-refractivity contribution in [3.05, 3.63) is 42.0 Å². The van der Waals surface area contributed by atoms with E-state index >= 15 is 0 Å². The van der Waals surface area contributed by atoms with Crippen LogP contribution < -0.4 is 15.4 Å². The fraction of sp³-hybridized carbons (Fsp3) is 0.593. The van der Waals surface area contributed by atoms with Gasteiger partial charge >= 0.3 is 0 Å². The number of likely N-dealkylation sites (N-methyl/N-ethyl adjacent to an activating group) is 1. The molecule has 1 fully saturated rings. The monoisotopic (exact) mass is 580 g/mol. The highest BCUT2D eigenvalue weighted by Crippen LogP contribution is 2.32. The molecule has 3 unspecified atom stereocenters. The lowest BCUT2D eigenvalue weighted by Gasteiger charge is -2.39. The van der Waals surface area contributed by atoms with Crippen LogP contribution in [0.5, 0.6) is 0 Å². The Morgan fingerprint density at radius 1 is 1.23 bits per heavy atom. The average Bonchev–Trinajstić information content (AvgIpc) is 3.41. The van der Waals surface area contributed by atoms with Gasteiger partial charge in [-0.15, -0.1) is 12.4 Å². The summed E-state index contributed by atoms with van der Waals surface area (Å²) in [5, 5.41) is 6.12. The van der Waals surface area contributed by atoms with Crippen molar-refractivity contribution in [3.63, 3.8) is 0 Å². The van der Waals surface area contributed by atoms with Crippen molar-refractivity contribution in [3.8, 4) is 0 Å². The molecule has 2 aromatic rings. The number of aromatic amines is 1. The Kier molecular flexibility index (Phi) is 10.8. The van der Waals surface area contributed by atoms with E-state index in [0.717, 1.165) is 24.1 Å². The number of fused-ring (bicyclic) bond motifs is 1. The standard InChI is InChI=1S/C27H40N6O4S.ClH/c1-4-29-26(34)23-14-18(2)11-12-33(23)27(35)22(9-6-8-21-16-28-17-31-21)32-38(36,37)24-10-5-7-20-13-19(3)15-30-25(20)24;/h5,7,10,16-19,22-23,30,32H,4,6,8-9,11-15H2,1-3H3,(H,28,31)(H,29,34);1H/t18?,19?,22?,23-;/m1./s1. The summed E-state index contributed by atoms with van der Waals surface area (Å²) in [6.07, 6.45) is 6.95. The molecule has 0 spiro atoms. The number of hydrogen-bond donors (Lipinski definition) is 4. The number of sulfonamides is 1. The lowest BCUT2D eigenvalue weighted by atomic mass is 9.91. The van der Waals surface area contributed by atoms with E-state index < -0.39 is 22.1 Å². The Morgan fingerprint density at radius 3 is 2.74 bits per heavy atom. The smallest absolute Gasteiger partial charge is 0.243 e. The molecule has 0 radical (unpaired) electrons. The second-order valence-corrected chi connectivity index (χ2v) is 12.4. The minimum atomic E-state index is -4.03. The summed E-state index contributed by atoms with van der Waals surface area (Å²) in [6, 6.07) is 3.66. The van der Waals surface area contributed by atoms with Gasteiger partial charge in [-0.1, -0.05) is 26.0 Å². The van der Waals surface area contributed by atoms with Crippen molar-refractivity contribution >= 4 is 39.9 Å². The van der Waals surface area contributed by atoms with Crippen LogP contribution in [0.25, 0.3) is 0 Å². The van der Waals surface area contributed by atoms with Crippen molar-refractivity contribution in [1.82, 2.24) is 24.9 Å². The number of piperidine rings is 1. The molecule has 0 bridgehead atoms. The van der Waals surface area contributed by atoms with Crippen molar-refractivity contribution in [2.24, 2.45) is 11.8 Å². The highest BCUT2D eigenvalue weighted by Gasteiger charge is 2.39. The number of nitrogens with zero attached hydrogens (tertiary/aromatic N) is 2. The van der Waals surface area contributed by atoms with E-state index in [1.54, 1.807) is 29.6 Å². The second-order valence-electron chi connectivity index (χ2n) is 10.7. The summed E-state index contributed by atoms with van der Waals surface area (Å²) in [7, 11) is -4.03. The first kappa shape index (κ1) is 30.9. The number of imidazole rings is 1. The fourth-order valence-electron chi connectivity index (χ4n) is 5.44. The summed E-state index contributed by atoms with van der Waals surface area (Å²) in [4.78, 5) is 35.7. The number of halogens is 1. The summed E-state index contributed by atoms with van der Waals surface area (Å²) in [6.45, 7) is 7.61. The zero-order valence-corrected chi connectivity index (χ0v) is 24.5. The maximum atomic E-state index is 13.9. The number of carbonyl (C=O) groups is 2. The lowest BCUT2D eigenvalue weighted by molar-refractivity contribution is -0.144. The average molecular weight is 581 g/mol. The van der Waals surface area contributed by atoms with Crippen LogP contribution in [0.3, 0.4) is 0 Å². The summed E-state index contributed by atoms with van der Waals surface area (Å²) >= 11 is 0. The topological polar surface area (TPSA) is 136 Å². The number of likely N-dealkylation sites (tertiary alicyclic amines) is 1. The predicted octanol–water partition coefficient (Wildman–Crippen LogP) is 2.87. The zero-order valence-electron chi connectivity index (χ0n) is 22.9. The number of hydrogen-bond acceptors (Lipinski definition) is 6. The van der Waals surface area contributed by atoms with E-state index in [1.165, 1.54) is 0 Å². The minimum absolute atomic E-state index is 0. The van der Waals surface area contributed by atoms with Crippen molar-refractivity contribution < 1.29 is 18.0 Å². The Balaban J connectivity index is 0.00000420. The molecule has 0 saturated carbocycles. The van der Waals surface area contributed by atoms with Crippen LogP contribution >= 0.6 is 12.4 Å². The number of aromatic nitrogens is 2. The zero-order chi connectivity index (χ0) is 27.3. The molecule has 0 aliphatic carbocycles. The molecular weight excluding hydrogens is 540 g/mol. The molecule has 4 N–H and O–H groups in total. The molecule has 10 nitrogen and oxygen atoms in total.